The van der Waals surface area contributed by atoms with Crippen LogP contribution in [0, 0.1) is 0 Å². The summed E-state index contributed by atoms with van der Waals surface area (Å²) in [4.78, 5) is 18.2. The fraction of sp³-hybridized carbons (Fsp3) is 0.429. The number of pyridine rings is 1. The van der Waals surface area contributed by atoms with Crippen molar-refractivity contribution in [1.29, 1.82) is 0 Å². The number of amides is 1. The lowest BCUT2D eigenvalue weighted by Crippen LogP contribution is -2.51. The van der Waals surface area contributed by atoms with E-state index in [0.29, 0.717) is 36.6 Å². The molecule has 1 aromatic carbocycles. The molecular weight excluding hydrogens is 440 g/mol. The Morgan fingerprint density at radius 1 is 1.26 bits per heavy atom. The van der Waals surface area contributed by atoms with Gasteiger partial charge in [-0.25, -0.2) is 13.2 Å². The molecular formula is C21H23ClN4O4S. The van der Waals surface area contributed by atoms with E-state index >= 15 is 0 Å². The summed E-state index contributed by atoms with van der Waals surface area (Å²) >= 11 is 6.60. The molecule has 1 spiro atoms. The van der Waals surface area contributed by atoms with Gasteiger partial charge in [0, 0.05) is 50.9 Å². The number of fused-ring (bicyclic) bond motifs is 1. The number of carbonyl (C=O) groups excluding carboxylic acids is 1. The highest BCUT2D eigenvalue weighted by Crippen LogP contribution is 2.43. The molecule has 0 unspecified atom stereocenters. The molecule has 8 nitrogen and oxygen atoms in total. The van der Waals surface area contributed by atoms with Crippen LogP contribution >= 0.6 is 11.6 Å². The first-order valence-electron chi connectivity index (χ1n) is 10.2. The van der Waals surface area contributed by atoms with Crippen molar-refractivity contribution in [1.82, 2.24) is 10.3 Å². The molecule has 2 fully saturated rings. The average molecular weight is 463 g/mol. The van der Waals surface area contributed by atoms with Crippen molar-refractivity contribution in [3.8, 4) is 11.1 Å². The number of hydrogen-bond acceptors (Lipinski definition) is 6. The van der Waals surface area contributed by atoms with E-state index in [-0.39, 0.29) is 17.9 Å². The zero-order chi connectivity index (χ0) is 22.0. The maximum atomic E-state index is 12.3. The van der Waals surface area contributed by atoms with Gasteiger partial charge < -0.3 is 15.0 Å². The first-order chi connectivity index (χ1) is 14.7. The molecule has 2 aromatic rings. The molecule has 1 atom stereocenters. The van der Waals surface area contributed by atoms with Crippen molar-refractivity contribution < 1.29 is 17.9 Å². The largest absolute Gasteiger partial charge is 0.441 e. The minimum Gasteiger partial charge on any atom is -0.441 e. The van der Waals surface area contributed by atoms with Crippen molar-refractivity contribution >= 4 is 39.1 Å². The zero-order valence-electron chi connectivity index (χ0n) is 17.3. The summed E-state index contributed by atoms with van der Waals surface area (Å²) in [6.45, 7) is 3.33. The number of alkyl carbamates (subject to hydrolysis) is 1. The predicted octanol–water partition coefficient (Wildman–Crippen LogP) is 3.15. The molecule has 5 rings (SSSR count). The van der Waals surface area contributed by atoms with Crippen molar-refractivity contribution in [2.45, 2.75) is 37.2 Å². The van der Waals surface area contributed by atoms with Crippen LogP contribution in [0.5, 0.6) is 0 Å². The summed E-state index contributed by atoms with van der Waals surface area (Å²) in [6, 6.07) is 5.61. The van der Waals surface area contributed by atoms with E-state index in [0.717, 1.165) is 22.4 Å². The number of rotatable bonds is 2. The van der Waals surface area contributed by atoms with Gasteiger partial charge in [0.05, 0.1) is 28.2 Å². The van der Waals surface area contributed by atoms with Crippen LogP contribution in [-0.4, -0.2) is 51.3 Å². The van der Waals surface area contributed by atoms with Gasteiger partial charge >= 0.3 is 6.09 Å². The van der Waals surface area contributed by atoms with Crippen molar-refractivity contribution in [2.75, 3.05) is 29.3 Å². The van der Waals surface area contributed by atoms with Crippen LogP contribution in [0.4, 0.5) is 16.2 Å². The Bertz CT molecular complexity index is 1180. The molecule has 4 heterocycles. The molecule has 1 N–H and O–H groups in total. The normalized spacial score (nSPS) is 23.6. The molecule has 1 aromatic heterocycles. The Hall–Kier alpha value is -2.52. The zero-order valence-corrected chi connectivity index (χ0v) is 18.8. The minimum absolute atomic E-state index is 0.0154. The summed E-state index contributed by atoms with van der Waals surface area (Å²) in [6.07, 6.45) is 4.41. The number of benzene rings is 1. The van der Waals surface area contributed by atoms with Gasteiger partial charge in [-0.1, -0.05) is 17.7 Å². The number of sulfonamides is 1. The Kier molecular flexibility index (Phi) is 4.60. The number of ether oxygens (including phenoxy) is 1. The number of piperidine rings is 1. The first-order valence-corrected chi connectivity index (χ1v) is 12.2. The Labute approximate surface area is 186 Å². The number of nitrogens with one attached hydrogen (secondary N) is 1. The quantitative estimate of drug-likeness (QED) is 0.737. The molecule has 0 radical (unpaired) electrons. The van der Waals surface area contributed by atoms with Gasteiger partial charge in [0.25, 0.3) is 0 Å². The summed E-state index contributed by atoms with van der Waals surface area (Å²) in [7, 11) is -1.74. The number of nitrogens with zero attached hydrogens (tertiary/aromatic N) is 3. The van der Waals surface area contributed by atoms with Crippen molar-refractivity contribution in [2.24, 2.45) is 0 Å². The van der Waals surface area contributed by atoms with E-state index in [2.05, 4.69) is 15.2 Å². The third-order valence-corrected chi connectivity index (χ3v) is 8.69. The van der Waals surface area contributed by atoms with Crippen molar-refractivity contribution in [3.05, 3.63) is 41.2 Å². The SMILES string of the molecule is C[C@H]1NC(=O)OC12CCN(c1c(Cl)cncc1-c1ccc3c(c1)CS(=O)(=O)N3C)CC2. The lowest BCUT2D eigenvalue weighted by atomic mass is 9.85. The Morgan fingerprint density at radius 2 is 2.00 bits per heavy atom. The van der Waals surface area contributed by atoms with Gasteiger partial charge in [0.2, 0.25) is 10.0 Å². The van der Waals surface area contributed by atoms with Gasteiger partial charge in [0.1, 0.15) is 5.60 Å². The standard InChI is InChI=1S/C21H23ClN4O4S/c1-13-21(30-20(27)24-13)5-7-26(8-6-21)19-16(10-23-11-17(19)22)14-3-4-18-15(9-14)12-31(28,29)25(18)2/h3-4,9-11,13H,5-8,12H2,1-2H3,(H,24,27)/t13-/m1/s1. The highest BCUT2D eigenvalue weighted by atomic mass is 35.5. The first kappa shape index (κ1) is 20.4. The van der Waals surface area contributed by atoms with Gasteiger partial charge in [-0.2, -0.15) is 0 Å². The highest BCUT2D eigenvalue weighted by molar-refractivity contribution is 7.92. The molecule has 3 aliphatic heterocycles. The molecule has 31 heavy (non-hydrogen) atoms. The molecule has 2 saturated heterocycles. The fourth-order valence-corrected chi connectivity index (χ4v) is 6.41. The number of hydrogen-bond donors (Lipinski definition) is 1. The topological polar surface area (TPSA) is 91.8 Å². The molecule has 0 bridgehead atoms. The summed E-state index contributed by atoms with van der Waals surface area (Å²) in [5.74, 6) is -0.0154. The van der Waals surface area contributed by atoms with E-state index in [9.17, 15) is 13.2 Å². The molecule has 164 valence electrons. The van der Waals surface area contributed by atoms with Gasteiger partial charge in [-0.05, 0) is 30.2 Å². The second kappa shape index (κ2) is 7.00. The number of aromatic nitrogens is 1. The van der Waals surface area contributed by atoms with E-state index < -0.39 is 15.6 Å². The summed E-state index contributed by atoms with van der Waals surface area (Å²) in [5, 5.41) is 3.38. The third kappa shape index (κ3) is 3.22. The molecule has 10 heteroatoms. The third-order valence-electron chi connectivity index (χ3n) is 6.70. The average Bonchev–Trinajstić information content (AvgIpc) is 3.13. The van der Waals surface area contributed by atoms with Gasteiger partial charge in [0.15, 0.2) is 0 Å². The number of carbonyl (C=O) groups is 1. The van der Waals surface area contributed by atoms with Crippen LogP contribution in [0.3, 0.4) is 0 Å². The van der Waals surface area contributed by atoms with Crippen molar-refractivity contribution in [3.63, 3.8) is 0 Å². The highest BCUT2D eigenvalue weighted by Gasteiger charge is 2.48. The monoisotopic (exact) mass is 462 g/mol. The molecule has 0 aliphatic carbocycles. The number of anilines is 2. The molecule has 1 amide bonds. The summed E-state index contributed by atoms with van der Waals surface area (Å²) in [5.41, 5.74) is 3.57. The van der Waals surface area contributed by atoms with Crippen LogP contribution in [0.25, 0.3) is 11.1 Å². The minimum atomic E-state index is -3.31. The van der Waals surface area contributed by atoms with E-state index in [1.54, 1.807) is 19.4 Å². The molecule has 3 aliphatic rings. The molecule has 0 saturated carbocycles. The summed E-state index contributed by atoms with van der Waals surface area (Å²) < 4.78 is 31.5. The smallest absolute Gasteiger partial charge is 0.408 e. The predicted molar refractivity (Wildman–Crippen MR) is 119 cm³/mol. The van der Waals surface area contributed by atoms with E-state index in [1.807, 2.05) is 25.1 Å². The Balaban J connectivity index is 1.48. The Morgan fingerprint density at radius 3 is 2.68 bits per heavy atom. The van der Waals surface area contributed by atoms with Crippen LogP contribution in [0.1, 0.15) is 25.3 Å². The van der Waals surface area contributed by atoms with Crippen LogP contribution in [0.15, 0.2) is 30.6 Å². The second-order valence-corrected chi connectivity index (χ2v) is 10.8. The second-order valence-electron chi connectivity index (χ2n) is 8.39. The van der Waals surface area contributed by atoms with E-state index in [1.165, 1.54) is 4.31 Å². The lowest BCUT2D eigenvalue weighted by Gasteiger charge is -2.41. The maximum Gasteiger partial charge on any atom is 0.408 e. The maximum absolute atomic E-state index is 12.3. The lowest BCUT2D eigenvalue weighted by molar-refractivity contribution is 0.0188. The van der Waals surface area contributed by atoms with Crippen LogP contribution in [0.2, 0.25) is 5.02 Å². The van der Waals surface area contributed by atoms with Crippen LogP contribution < -0.4 is 14.5 Å². The van der Waals surface area contributed by atoms with Crippen LogP contribution in [-0.2, 0) is 20.5 Å². The van der Waals surface area contributed by atoms with E-state index in [4.69, 9.17) is 16.3 Å². The number of halogens is 1. The van der Waals surface area contributed by atoms with Gasteiger partial charge in [-0.3, -0.25) is 9.29 Å². The van der Waals surface area contributed by atoms with Gasteiger partial charge in [-0.15, -0.1) is 0 Å². The fourth-order valence-electron chi connectivity index (χ4n) is 4.83.